The molecule has 33 heavy (non-hydrogen) atoms. The van der Waals surface area contributed by atoms with Crippen LogP contribution >= 0.6 is 23.4 Å². The van der Waals surface area contributed by atoms with Crippen molar-refractivity contribution in [2.75, 3.05) is 11.9 Å². The molecule has 0 radical (unpaired) electrons. The lowest BCUT2D eigenvalue weighted by molar-refractivity contribution is -0.120. The van der Waals surface area contributed by atoms with E-state index in [1.807, 2.05) is 18.2 Å². The van der Waals surface area contributed by atoms with Gasteiger partial charge in [-0.05, 0) is 35.4 Å². The van der Waals surface area contributed by atoms with E-state index < -0.39 is 11.8 Å². The van der Waals surface area contributed by atoms with E-state index in [2.05, 4.69) is 10.3 Å². The Balaban J connectivity index is 1.63. The van der Waals surface area contributed by atoms with Crippen LogP contribution in [0.3, 0.4) is 0 Å². The Kier molecular flexibility index (Phi) is 6.71. The Morgan fingerprint density at radius 2 is 2.03 bits per heavy atom. The van der Waals surface area contributed by atoms with Crippen molar-refractivity contribution in [3.05, 3.63) is 80.6 Å². The fourth-order valence-electron chi connectivity index (χ4n) is 3.67. The van der Waals surface area contributed by atoms with Crippen molar-refractivity contribution in [1.82, 2.24) is 9.55 Å². The SMILES string of the molecule is Cn1c(SCc2cccc(Cl)c2)nc(=O)c2c1NC(=O)C[C@H]2c1ccc(OCC(N)=O)cc1. The third-order valence-electron chi connectivity index (χ3n) is 5.22. The van der Waals surface area contributed by atoms with E-state index in [-0.39, 0.29) is 24.5 Å². The summed E-state index contributed by atoms with van der Waals surface area (Å²) in [5, 5.41) is 3.97. The van der Waals surface area contributed by atoms with Crippen LogP contribution in [0.15, 0.2) is 58.5 Å². The Hall–Kier alpha value is -3.30. The average Bonchev–Trinajstić information content (AvgIpc) is 2.79. The number of nitrogens with zero attached hydrogens (tertiary/aromatic N) is 2. The quantitative estimate of drug-likeness (QED) is 0.393. The van der Waals surface area contributed by atoms with Gasteiger partial charge in [0, 0.05) is 30.2 Å². The van der Waals surface area contributed by atoms with E-state index in [9.17, 15) is 14.4 Å². The van der Waals surface area contributed by atoms with Crippen LogP contribution < -0.4 is 21.3 Å². The first-order chi connectivity index (χ1) is 15.8. The van der Waals surface area contributed by atoms with Gasteiger partial charge in [0.05, 0.1) is 5.56 Å². The van der Waals surface area contributed by atoms with Gasteiger partial charge in [-0.15, -0.1) is 0 Å². The summed E-state index contributed by atoms with van der Waals surface area (Å²) in [6.45, 7) is -0.228. The zero-order valence-electron chi connectivity index (χ0n) is 17.7. The molecule has 3 N–H and O–H groups in total. The molecule has 10 heteroatoms. The number of nitrogens with two attached hydrogens (primary N) is 1. The summed E-state index contributed by atoms with van der Waals surface area (Å²) in [7, 11) is 1.77. The van der Waals surface area contributed by atoms with Crippen molar-refractivity contribution in [2.45, 2.75) is 23.2 Å². The minimum Gasteiger partial charge on any atom is -0.484 e. The standard InChI is InChI=1S/C23H21ClN4O4S/c1-28-21-20(22(31)27-23(28)33-12-13-3-2-4-15(24)9-13)17(10-19(30)26-21)14-5-7-16(8-6-14)32-11-18(25)29/h2-9,17H,10-12H2,1H3,(H2,25,29)(H,26,30)/t17-/m0/s1. The molecule has 0 spiro atoms. The van der Waals surface area contributed by atoms with Gasteiger partial charge >= 0.3 is 0 Å². The summed E-state index contributed by atoms with van der Waals surface area (Å²) >= 11 is 7.44. The molecule has 1 aliphatic heterocycles. The molecule has 0 unspecified atom stereocenters. The molecule has 3 aromatic rings. The van der Waals surface area contributed by atoms with Gasteiger partial charge in [-0.3, -0.25) is 14.4 Å². The number of carbonyl (C=O) groups excluding carboxylic acids is 2. The number of primary amides is 1. The van der Waals surface area contributed by atoms with Crippen molar-refractivity contribution in [1.29, 1.82) is 0 Å². The molecular formula is C23H21ClN4O4S. The molecule has 1 atom stereocenters. The zero-order valence-corrected chi connectivity index (χ0v) is 19.3. The number of amides is 2. The zero-order chi connectivity index (χ0) is 23.5. The van der Waals surface area contributed by atoms with E-state index in [0.29, 0.717) is 33.1 Å². The number of anilines is 1. The van der Waals surface area contributed by atoms with Gasteiger partial charge in [0.25, 0.3) is 11.5 Å². The molecule has 8 nitrogen and oxygen atoms in total. The van der Waals surface area contributed by atoms with Crippen molar-refractivity contribution in [2.24, 2.45) is 12.8 Å². The van der Waals surface area contributed by atoms with E-state index >= 15 is 0 Å². The maximum atomic E-state index is 13.1. The van der Waals surface area contributed by atoms with Crippen molar-refractivity contribution < 1.29 is 14.3 Å². The largest absolute Gasteiger partial charge is 0.484 e. The first-order valence-electron chi connectivity index (χ1n) is 10.1. The fraction of sp³-hybridized carbons (Fsp3) is 0.217. The molecule has 0 saturated heterocycles. The third-order valence-corrected chi connectivity index (χ3v) is 6.56. The second-order valence-corrected chi connectivity index (χ2v) is 8.95. The smallest absolute Gasteiger partial charge is 0.279 e. The van der Waals surface area contributed by atoms with Crippen LogP contribution in [0.5, 0.6) is 5.75 Å². The lowest BCUT2D eigenvalue weighted by Crippen LogP contribution is -2.33. The lowest BCUT2D eigenvalue weighted by Gasteiger charge is -2.27. The number of nitrogens with one attached hydrogen (secondary N) is 1. The molecule has 2 aromatic carbocycles. The topological polar surface area (TPSA) is 116 Å². The minimum absolute atomic E-state index is 0.125. The van der Waals surface area contributed by atoms with E-state index in [4.69, 9.17) is 22.1 Å². The highest BCUT2D eigenvalue weighted by molar-refractivity contribution is 7.98. The van der Waals surface area contributed by atoms with Crippen molar-refractivity contribution in [3.8, 4) is 5.75 Å². The van der Waals surface area contributed by atoms with Crippen LogP contribution in [0, 0.1) is 0 Å². The van der Waals surface area contributed by atoms with E-state index in [1.54, 1.807) is 41.9 Å². The summed E-state index contributed by atoms with van der Waals surface area (Å²) in [6.07, 6.45) is 0.125. The van der Waals surface area contributed by atoms with E-state index in [1.165, 1.54) is 11.8 Å². The van der Waals surface area contributed by atoms with Crippen LogP contribution in [-0.4, -0.2) is 28.0 Å². The maximum Gasteiger partial charge on any atom is 0.279 e. The van der Waals surface area contributed by atoms with Crippen LogP contribution in [0.25, 0.3) is 0 Å². The molecule has 2 heterocycles. The summed E-state index contributed by atoms with van der Waals surface area (Å²) in [4.78, 5) is 40.8. The second kappa shape index (κ2) is 9.68. The number of hydrogen-bond donors (Lipinski definition) is 2. The highest BCUT2D eigenvalue weighted by atomic mass is 35.5. The van der Waals surface area contributed by atoms with Crippen LogP contribution in [0.1, 0.15) is 29.0 Å². The number of thioether (sulfide) groups is 1. The molecule has 0 bridgehead atoms. The highest BCUT2D eigenvalue weighted by Gasteiger charge is 2.32. The number of fused-ring (bicyclic) bond motifs is 1. The molecule has 2 amide bonds. The number of ether oxygens (including phenoxy) is 1. The Bertz CT molecular complexity index is 1280. The third kappa shape index (κ3) is 5.20. The number of hydrogen-bond acceptors (Lipinski definition) is 6. The van der Waals surface area contributed by atoms with Gasteiger partial charge < -0.3 is 20.4 Å². The Morgan fingerprint density at radius 1 is 1.27 bits per heavy atom. The summed E-state index contributed by atoms with van der Waals surface area (Å²) < 4.78 is 7.02. The number of carbonyl (C=O) groups is 2. The molecule has 0 fully saturated rings. The predicted octanol–water partition coefficient (Wildman–Crippen LogP) is 3.06. The first-order valence-corrected chi connectivity index (χ1v) is 11.5. The predicted molar refractivity (Wildman–Crippen MR) is 127 cm³/mol. The number of aromatic nitrogens is 2. The van der Waals surface area contributed by atoms with Crippen molar-refractivity contribution in [3.63, 3.8) is 0 Å². The summed E-state index contributed by atoms with van der Waals surface area (Å²) in [5.74, 6) is 0.279. The first kappa shape index (κ1) is 22.9. The monoisotopic (exact) mass is 484 g/mol. The number of halogens is 1. The van der Waals surface area contributed by atoms with Gasteiger partial charge in [0.15, 0.2) is 11.8 Å². The maximum absolute atomic E-state index is 13.1. The van der Waals surface area contributed by atoms with Crippen molar-refractivity contribution >= 4 is 41.0 Å². The molecule has 170 valence electrons. The number of rotatable bonds is 7. The molecule has 0 aliphatic carbocycles. The molecule has 4 rings (SSSR count). The molecular weight excluding hydrogens is 464 g/mol. The highest BCUT2D eigenvalue weighted by Crippen LogP contribution is 2.36. The van der Waals surface area contributed by atoms with Gasteiger partial charge in [0.1, 0.15) is 11.6 Å². The summed E-state index contributed by atoms with van der Waals surface area (Å²) in [5.41, 5.74) is 6.93. The van der Waals surface area contributed by atoms with Gasteiger partial charge in [0.2, 0.25) is 5.91 Å². The molecule has 0 saturated carbocycles. The normalized spacial score (nSPS) is 15.0. The average molecular weight is 485 g/mol. The van der Waals surface area contributed by atoms with Gasteiger partial charge in [-0.25, -0.2) is 0 Å². The molecule has 1 aliphatic rings. The lowest BCUT2D eigenvalue weighted by atomic mass is 9.87. The van der Waals surface area contributed by atoms with E-state index in [0.717, 1.165) is 11.1 Å². The van der Waals surface area contributed by atoms with Gasteiger partial charge in [-0.1, -0.05) is 47.6 Å². The van der Waals surface area contributed by atoms with Gasteiger partial charge in [-0.2, -0.15) is 4.98 Å². The van der Waals surface area contributed by atoms with Crippen LogP contribution in [0.4, 0.5) is 5.82 Å². The minimum atomic E-state index is -0.574. The Labute approximate surface area is 199 Å². The molecule has 1 aromatic heterocycles. The van der Waals surface area contributed by atoms with Crippen LogP contribution in [0.2, 0.25) is 5.02 Å². The Morgan fingerprint density at radius 3 is 2.73 bits per heavy atom. The number of benzene rings is 2. The summed E-state index contributed by atoms with van der Waals surface area (Å²) in [6, 6.07) is 14.4. The second-order valence-electron chi connectivity index (χ2n) is 7.57. The fourth-order valence-corrected chi connectivity index (χ4v) is 4.80. The van der Waals surface area contributed by atoms with Crippen LogP contribution in [-0.2, 0) is 22.4 Å².